The van der Waals surface area contributed by atoms with Crippen LogP contribution in [-0.2, 0) is 0 Å². The Labute approximate surface area is 144 Å². The molecule has 0 aliphatic heterocycles. The van der Waals surface area contributed by atoms with Crippen LogP contribution in [0.3, 0.4) is 0 Å². The molecule has 2 fully saturated rings. The molecule has 0 heterocycles. The van der Waals surface area contributed by atoms with E-state index in [0.29, 0.717) is 16.9 Å². The lowest BCUT2D eigenvalue weighted by molar-refractivity contribution is 0.155. The molecule has 116 valence electrons. The van der Waals surface area contributed by atoms with Gasteiger partial charge in [0, 0.05) is 16.6 Å². The minimum atomic E-state index is 0.340. The Hall–Kier alpha value is -0.220. The predicted octanol–water partition coefficient (Wildman–Crippen LogP) is 5.85. The summed E-state index contributed by atoms with van der Waals surface area (Å²) in [4.78, 5) is 0. The van der Waals surface area contributed by atoms with Gasteiger partial charge in [-0.1, -0.05) is 20.8 Å². The number of rotatable bonds is 3. The van der Waals surface area contributed by atoms with Gasteiger partial charge in [0.1, 0.15) is 5.75 Å². The van der Waals surface area contributed by atoms with Gasteiger partial charge < -0.3 is 10.1 Å². The Morgan fingerprint density at radius 1 is 1.19 bits per heavy atom. The van der Waals surface area contributed by atoms with Crippen molar-refractivity contribution in [2.75, 3.05) is 12.4 Å². The van der Waals surface area contributed by atoms with Gasteiger partial charge in [-0.05, 0) is 73.9 Å². The topological polar surface area (TPSA) is 21.3 Å². The third kappa shape index (κ3) is 2.42. The molecule has 0 aromatic heterocycles. The zero-order valence-corrected chi connectivity index (χ0v) is 16.3. The number of benzene rings is 1. The molecule has 2 aliphatic carbocycles. The number of anilines is 1. The Balaban J connectivity index is 1.93. The molecule has 2 aliphatic rings. The van der Waals surface area contributed by atoms with Gasteiger partial charge in [0.15, 0.2) is 0 Å². The number of halogens is 2. The van der Waals surface area contributed by atoms with Crippen molar-refractivity contribution in [3.63, 3.8) is 0 Å². The molecule has 1 aromatic carbocycles. The number of methoxy groups -OCH3 is 1. The molecule has 21 heavy (non-hydrogen) atoms. The van der Waals surface area contributed by atoms with E-state index in [4.69, 9.17) is 4.74 Å². The first-order valence-corrected chi connectivity index (χ1v) is 9.16. The quantitative estimate of drug-likeness (QED) is 0.667. The molecule has 0 radical (unpaired) electrons. The van der Waals surface area contributed by atoms with E-state index in [-0.39, 0.29) is 0 Å². The number of ether oxygens (including phenoxy) is 1. The SMILES string of the molecule is COc1cc(NC2C3(C)CCC(C3)C2(C)C)c(Br)cc1Br. The molecule has 3 rings (SSSR count). The van der Waals surface area contributed by atoms with Gasteiger partial charge in [-0.15, -0.1) is 0 Å². The molecule has 1 aromatic rings. The van der Waals surface area contributed by atoms with Crippen molar-refractivity contribution in [1.82, 2.24) is 0 Å². The Kier molecular flexibility index (Phi) is 3.85. The minimum Gasteiger partial charge on any atom is -0.495 e. The lowest BCUT2D eigenvalue weighted by atomic mass is 9.68. The second-order valence-corrected chi connectivity index (χ2v) is 9.17. The third-order valence-corrected chi connectivity index (χ3v) is 7.09. The molecular weight excluding hydrogens is 394 g/mol. The fourth-order valence-electron chi connectivity index (χ4n) is 4.61. The fraction of sp³-hybridized carbons (Fsp3) is 0.647. The summed E-state index contributed by atoms with van der Waals surface area (Å²) in [5.41, 5.74) is 1.88. The number of fused-ring (bicyclic) bond motifs is 2. The smallest absolute Gasteiger partial charge is 0.135 e. The standard InChI is InChI=1S/C17H23Br2NO/c1-16(2)10-5-6-17(3,9-10)15(16)20-13-8-14(21-4)12(19)7-11(13)18/h7-8,10,15,20H,5-6,9H2,1-4H3. The molecule has 3 atom stereocenters. The molecule has 2 nitrogen and oxygen atoms in total. The molecule has 2 bridgehead atoms. The lowest BCUT2D eigenvalue weighted by Gasteiger charge is -2.43. The van der Waals surface area contributed by atoms with E-state index in [2.05, 4.69) is 70.1 Å². The van der Waals surface area contributed by atoms with E-state index in [1.54, 1.807) is 7.11 Å². The van der Waals surface area contributed by atoms with Crippen LogP contribution < -0.4 is 10.1 Å². The molecular formula is C17H23Br2NO. The van der Waals surface area contributed by atoms with Crippen molar-refractivity contribution in [2.45, 2.75) is 46.1 Å². The number of nitrogens with one attached hydrogen (secondary N) is 1. The van der Waals surface area contributed by atoms with Crippen LogP contribution in [0.5, 0.6) is 5.75 Å². The van der Waals surface area contributed by atoms with Gasteiger partial charge in [-0.3, -0.25) is 0 Å². The zero-order chi connectivity index (χ0) is 15.4. The van der Waals surface area contributed by atoms with Crippen molar-refractivity contribution in [2.24, 2.45) is 16.7 Å². The summed E-state index contributed by atoms with van der Waals surface area (Å²) in [5, 5.41) is 3.83. The molecule has 2 saturated carbocycles. The summed E-state index contributed by atoms with van der Waals surface area (Å²) >= 11 is 7.21. The van der Waals surface area contributed by atoms with Crippen LogP contribution >= 0.6 is 31.9 Å². The first-order chi connectivity index (χ1) is 9.78. The molecule has 0 spiro atoms. The van der Waals surface area contributed by atoms with Crippen LogP contribution in [0.2, 0.25) is 0 Å². The Bertz CT molecular complexity index is 567. The summed E-state index contributed by atoms with van der Waals surface area (Å²) in [7, 11) is 1.71. The number of hydrogen-bond donors (Lipinski definition) is 1. The Morgan fingerprint density at radius 2 is 1.90 bits per heavy atom. The summed E-state index contributed by atoms with van der Waals surface area (Å²) < 4.78 is 7.49. The third-order valence-electron chi connectivity index (χ3n) is 5.81. The van der Waals surface area contributed by atoms with E-state index in [1.165, 1.54) is 19.3 Å². The van der Waals surface area contributed by atoms with E-state index in [9.17, 15) is 0 Å². The predicted molar refractivity (Wildman–Crippen MR) is 95.0 cm³/mol. The summed E-state index contributed by atoms with van der Waals surface area (Å²) in [6.07, 6.45) is 4.07. The average Bonchev–Trinajstić information content (AvgIpc) is 2.88. The highest BCUT2D eigenvalue weighted by Gasteiger charge is 2.59. The summed E-state index contributed by atoms with van der Waals surface area (Å²) in [6, 6.07) is 4.65. The van der Waals surface area contributed by atoms with Gasteiger partial charge in [0.2, 0.25) is 0 Å². The van der Waals surface area contributed by atoms with Crippen LogP contribution in [0, 0.1) is 16.7 Å². The van der Waals surface area contributed by atoms with E-state index >= 15 is 0 Å². The van der Waals surface area contributed by atoms with Gasteiger partial charge in [-0.25, -0.2) is 0 Å². The zero-order valence-electron chi connectivity index (χ0n) is 13.1. The second-order valence-electron chi connectivity index (χ2n) is 7.46. The maximum Gasteiger partial charge on any atom is 0.135 e. The highest BCUT2D eigenvalue weighted by Crippen LogP contribution is 2.63. The van der Waals surface area contributed by atoms with Crippen molar-refractivity contribution in [1.29, 1.82) is 0 Å². The van der Waals surface area contributed by atoms with Gasteiger partial charge in [0.05, 0.1) is 17.3 Å². The van der Waals surface area contributed by atoms with E-state index in [0.717, 1.165) is 26.3 Å². The highest BCUT2D eigenvalue weighted by atomic mass is 79.9. The maximum atomic E-state index is 5.44. The fourth-order valence-corrected chi connectivity index (χ4v) is 5.88. The monoisotopic (exact) mass is 415 g/mol. The first kappa shape index (κ1) is 15.7. The van der Waals surface area contributed by atoms with Crippen LogP contribution in [0.4, 0.5) is 5.69 Å². The van der Waals surface area contributed by atoms with Gasteiger partial charge in [-0.2, -0.15) is 0 Å². The highest BCUT2D eigenvalue weighted by molar-refractivity contribution is 9.11. The summed E-state index contributed by atoms with van der Waals surface area (Å²) in [6.45, 7) is 7.29. The van der Waals surface area contributed by atoms with Gasteiger partial charge >= 0.3 is 0 Å². The molecule has 3 unspecified atom stereocenters. The van der Waals surface area contributed by atoms with Crippen molar-refractivity contribution >= 4 is 37.5 Å². The molecule has 4 heteroatoms. The largest absolute Gasteiger partial charge is 0.495 e. The van der Waals surface area contributed by atoms with Crippen molar-refractivity contribution in [3.8, 4) is 5.75 Å². The molecule has 1 N–H and O–H groups in total. The normalized spacial score (nSPS) is 33.2. The first-order valence-electron chi connectivity index (χ1n) is 7.57. The van der Waals surface area contributed by atoms with E-state index in [1.807, 2.05) is 0 Å². The van der Waals surface area contributed by atoms with Crippen LogP contribution in [-0.4, -0.2) is 13.2 Å². The molecule has 0 amide bonds. The summed E-state index contributed by atoms with van der Waals surface area (Å²) in [5.74, 6) is 1.71. The van der Waals surface area contributed by atoms with E-state index < -0.39 is 0 Å². The van der Waals surface area contributed by atoms with Crippen LogP contribution in [0.25, 0.3) is 0 Å². The second kappa shape index (κ2) is 5.16. The van der Waals surface area contributed by atoms with Crippen LogP contribution in [0.15, 0.2) is 21.1 Å². The van der Waals surface area contributed by atoms with Crippen LogP contribution in [0.1, 0.15) is 40.0 Å². The minimum absolute atomic E-state index is 0.340. The van der Waals surface area contributed by atoms with Crippen molar-refractivity contribution < 1.29 is 4.74 Å². The molecule has 0 saturated heterocycles. The van der Waals surface area contributed by atoms with Gasteiger partial charge in [0.25, 0.3) is 0 Å². The lowest BCUT2D eigenvalue weighted by Crippen LogP contribution is -2.45. The average molecular weight is 417 g/mol. The number of hydrogen-bond acceptors (Lipinski definition) is 2. The Morgan fingerprint density at radius 3 is 2.48 bits per heavy atom. The maximum absolute atomic E-state index is 5.44. The van der Waals surface area contributed by atoms with Crippen molar-refractivity contribution in [3.05, 3.63) is 21.1 Å².